The molecule has 0 atom stereocenters. The molecule has 0 radical (unpaired) electrons. The third kappa shape index (κ3) is 4.21. The fourth-order valence-electron chi connectivity index (χ4n) is 2.91. The van der Waals surface area contributed by atoms with Crippen molar-refractivity contribution < 1.29 is 0 Å². The number of rotatable bonds is 5. The van der Waals surface area contributed by atoms with Gasteiger partial charge in [-0.15, -0.1) is 0 Å². The smallest absolute Gasteiger partial charge is 0.0508 e. The number of anilines is 1. The fraction of sp³-hybridized carbons (Fsp3) is 0.625. The molecular weight excluding hydrogens is 314 g/mol. The molecule has 20 heavy (non-hydrogen) atoms. The maximum absolute atomic E-state index is 5.61. The van der Waals surface area contributed by atoms with Gasteiger partial charge in [-0.05, 0) is 85.5 Å². The summed E-state index contributed by atoms with van der Waals surface area (Å²) in [6, 6.07) is 6.61. The van der Waals surface area contributed by atoms with E-state index >= 15 is 0 Å². The molecular formula is C16H26BrN3. The van der Waals surface area contributed by atoms with Gasteiger partial charge in [0, 0.05) is 18.1 Å². The van der Waals surface area contributed by atoms with Gasteiger partial charge in [0.1, 0.15) is 0 Å². The van der Waals surface area contributed by atoms with Gasteiger partial charge in [0.25, 0.3) is 0 Å². The zero-order valence-electron chi connectivity index (χ0n) is 12.6. The van der Waals surface area contributed by atoms with Crippen LogP contribution in [-0.4, -0.2) is 45.2 Å². The Kier molecular flexibility index (Phi) is 5.87. The number of halogens is 1. The number of hydrogen-bond donors (Lipinski definition) is 1. The van der Waals surface area contributed by atoms with Crippen LogP contribution < -0.4 is 10.6 Å². The summed E-state index contributed by atoms with van der Waals surface area (Å²) in [7, 11) is 4.41. The minimum Gasteiger partial charge on any atom is -0.373 e. The van der Waals surface area contributed by atoms with E-state index in [0.717, 1.165) is 18.9 Å². The van der Waals surface area contributed by atoms with Crippen molar-refractivity contribution in [3.8, 4) is 0 Å². The van der Waals surface area contributed by atoms with Crippen molar-refractivity contribution in [3.63, 3.8) is 0 Å². The highest BCUT2D eigenvalue weighted by molar-refractivity contribution is 9.10. The molecule has 0 aromatic heterocycles. The summed E-state index contributed by atoms with van der Waals surface area (Å²) in [6.07, 6.45) is 3.56. The molecule has 0 bridgehead atoms. The molecule has 0 unspecified atom stereocenters. The van der Waals surface area contributed by atoms with E-state index in [1.807, 2.05) is 0 Å². The van der Waals surface area contributed by atoms with Gasteiger partial charge in [-0.25, -0.2) is 0 Å². The Labute approximate surface area is 131 Å². The summed E-state index contributed by atoms with van der Waals surface area (Å²) >= 11 is 3.70. The molecule has 1 aliphatic heterocycles. The van der Waals surface area contributed by atoms with Crippen molar-refractivity contribution in [2.75, 3.05) is 45.2 Å². The highest BCUT2D eigenvalue weighted by Crippen LogP contribution is 2.28. The second-order valence-corrected chi connectivity index (χ2v) is 6.81. The van der Waals surface area contributed by atoms with Crippen LogP contribution in [0.25, 0.3) is 0 Å². The second-order valence-electron chi connectivity index (χ2n) is 5.95. The summed E-state index contributed by atoms with van der Waals surface area (Å²) in [6.45, 7) is 4.31. The zero-order chi connectivity index (χ0) is 14.5. The molecule has 112 valence electrons. The van der Waals surface area contributed by atoms with Crippen LogP contribution in [0.15, 0.2) is 22.7 Å². The number of nitrogens with two attached hydrogens (primary N) is 1. The molecule has 1 fully saturated rings. The molecule has 2 rings (SSSR count). The standard InChI is InChI=1S/C16H26BrN3/c1-19-9-6-14(7-10-19)12-20(2)16-4-3-13(5-8-18)11-15(16)17/h3-4,11,14H,5-10,12,18H2,1-2H3. The molecule has 1 heterocycles. The second kappa shape index (κ2) is 7.43. The van der Waals surface area contributed by atoms with E-state index in [9.17, 15) is 0 Å². The van der Waals surface area contributed by atoms with Gasteiger partial charge in [-0.1, -0.05) is 6.07 Å². The van der Waals surface area contributed by atoms with E-state index in [-0.39, 0.29) is 0 Å². The van der Waals surface area contributed by atoms with Crippen molar-refractivity contribution in [2.45, 2.75) is 19.3 Å². The number of benzene rings is 1. The Balaban J connectivity index is 1.96. The maximum atomic E-state index is 5.61. The number of hydrogen-bond acceptors (Lipinski definition) is 3. The number of piperidine rings is 1. The van der Waals surface area contributed by atoms with Gasteiger partial charge >= 0.3 is 0 Å². The van der Waals surface area contributed by atoms with Gasteiger partial charge < -0.3 is 15.5 Å². The van der Waals surface area contributed by atoms with E-state index in [1.54, 1.807) is 0 Å². The lowest BCUT2D eigenvalue weighted by Crippen LogP contribution is -2.35. The topological polar surface area (TPSA) is 32.5 Å². The van der Waals surface area contributed by atoms with Gasteiger partial charge in [0.2, 0.25) is 0 Å². The maximum Gasteiger partial charge on any atom is 0.0508 e. The third-order valence-electron chi connectivity index (χ3n) is 4.23. The van der Waals surface area contributed by atoms with Crippen LogP contribution in [0.3, 0.4) is 0 Å². The van der Waals surface area contributed by atoms with Crippen LogP contribution in [0.1, 0.15) is 18.4 Å². The lowest BCUT2D eigenvalue weighted by molar-refractivity contribution is 0.222. The molecule has 0 amide bonds. The molecule has 4 heteroatoms. The summed E-state index contributed by atoms with van der Waals surface area (Å²) in [5.41, 5.74) is 8.20. The first-order valence-electron chi connectivity index (χ1n) is 7.48. The molecule has 1 saturated heterocycles. The summed E-state index contributed by atoms with van der Waals surface area (Å²) in [5.74, 6) is 0.812. The molecule has 0 spiro atoms. The Morgan fingerprint density at radius 1 is 1.35 bits per heavy atom. The lowest BCUT2D eigenvalue weighted by Gasteiger charge is -2.32. The predicted octanol–water partition coefficient (Wildman–Crippen LogP) is 2.73. The molecule has 1 aromatic carbocycles. The summed E-state index contributed by atoms with van der Waals surface area (Å²) < 4.78 is 1.18. The molecule has 0 saturated carbocycles. The molecule has 0 aliphatic carbocycles. The van der Waals surface area contributed by atoms with Crippen LogP contribution in [0.2, 0.25) is 0 Å². The minimum absolute atomic E-state index is 0.706. The van der Waals surface area contributed by atoms with Crippen molar-refractivity contribution in [1.82, 2.24) is 4.90 Å². The largest absolute Gasteiger partial charge is 0.373 e. The monoisotopic (exact) mass is 339 g/mol. The highest BCUT2D eigenvalue weighted by atomic mass is 79.9. The Bertz CT molecular complexity index is 428. The molecule has 1 aliphatic rings. The highest BCUT2D eigenvalue weighted by Gasteiger charge is 2.19. The summed E-state index contributed by atoms with van der Waals surface area (Å²) in [4.78, 5) is 4.81. The Morgan fingerprint density at radius 3 is 2.65 bits per heavy atom. The quantitative estimate of drug-likeness (QED) is 0.895. The van der Waals surface area contributed by atoms with Crippen molar-refractivity contribution in [3.05, 3.63) is 28.2 Å². The van der Waals surface area contributed by atoms with Crippen LogP contribution in [-0.2, 0) is 6.42 Å². The number of likely N-dealkylation sites (tertiary alicyclic amines) is 1. The van der Waals surface area contributed by atoms with Crippen molar-refractivity contribution >= 4 is 21.6 Å². The van der Waals surface area contributed by atoms with Crippen LogP contribution in [0.4, 0.5) is 5.69 Å². The van der Waals surface area contributed by atoms with E-state index in [4.69, 9.17) is 5.73 Å². The normalized spacial score (nSPS) is 17.4. The molecule has 3 nitrogen and oxygen atoms in total. The fourth-order valence-corrected chi connectivity index (χ4v) is 3.64. The predicted molar refractivity (Wildman–Crippen MR) is 90.4 cm³/mol. The first-order chi connectivity index (χ1) is 9.60. The average Bonchev–Trinajstić information content (AvgIpc) is 2.42. The van der Waals surface area contributed by atoms with Crippen LogP contribution in [0.5, 0.6) is 0 Å². The van der Waals surface area contributed by atoms with E-state index in [0.29, 0.717) is 6.54 Å². The van der Waals surface area contributed by atoms with Gasteiger partial charge in [-0.3, -0.25) is 0 Å². The van der Waals surface area contributed by atoms with Gasteiger partial charge in [0.15, 0.2) is 0 Å². The Hall–Kier alpha value is -0.580. The zero-order valence-corrected chi connectivity index (χ0v) is 14.2. The number of nitrogens with zero attached hydrogens (tertiary/aromatic N) is 2. The van der Waals surface area contributed by atoms with Crippen molar-refractivity contribution in [1.29, 1.82) is 0 Å². The first-order valence-corrected chi connectivity index (χ1v) is 8.27. The van der Waals surface area contributed by atoms with Gasteiger partial charge in [-0.2, -0.15) is 0 Å². The third-order valence-corrected chi connectivity index (χ3v) is 4.86. The minimum atomic E-state index is 0.706. The lowest BCUT2D eigenvalue weighted by atomic mass is 9.96. The van der Waals surface area contributed by atoms with E-state index in [2.05, 4.69) is 58.0 Å². The SMILES string of the molecule is CN1CCC(CN(C)c2ccc(CCN)cc2Br)CC1. The van der Waals surface area contributed by atoms with E-state index < -0.39 is 0 Å². The van der Waals surface area contributed by atoms with Gasteiger partial charge in [0.05, 0.1) is 5.69 Å². The average molecular weight is 340 g/mol. The van der Waals surface area contributed by atoms with Crippen LogP contribution in [0, 0.1) is 5.92 Å². The van der Waals surface area contributed by atoms with Crippen LogP contribution >= 0.6 is 15.9 Å². The Morgan fingerprint density at radius 2 is 2.05 bits per heavy atom. The first kappa shape index (κ1) is 15.8. The van der Waals surface area contributed by atoms with Crippen molar-refractivity contribution in [2.24, 2.45) is 11.7 Å². The van der Waals surface area contributed by atoms with E-state index in [1.165, 1.54) is 41.7 Å². The molecule has 2 N–H and O–H groups in total. The summed E-state index contributed by atoms with van der Waals surface area (Å²) in [5, 5.41) is 0. The molecule has 1 aromatic rings.